The monoisotopic (exact) mass is 228 g/mol. The summed E-state index contributed by atoms with van der Waals surface area (Å²) >= 11 is 5.90. The molecule has 15 heavy (non-hydrogen) atoms. The molecule has 3 N–H and O–H groups in total. The molecule has 0 heterocycles. The van der Waals surface area contributed by atoms with Gasteiger partial charge < -0.3 is 15.8 Å². The fraction of sp³-hybridized carbons (Fsp3) is 0.455. The molecule has 0 radical (unpaired) electrons. The molecule has 3 nitrogen and oxygen atoms in total. The summed E-state index contributed by atoms with van der Waals surface area (Å²) in [7, 11) is 1.68. The Balaban J connectivity index is 2.70. The van der Waals surface area contributed by atoms with Crippen LogP contribution in [0.25, 0.3) is 0 Å². The van der Waals surface area contributed by atoms with E-state index in [0.29, 0.717) is 17.3 Å². The van der Waals surface area contributed by atoms with E-state index in [2.05, 4.69) is 5.32 Å². The highest BCUT2D eigenvalue weighted by atomic mass is 35.5. The number of methoxy groups -OCH3 is 1. The molecule has 0 aromatic heterocycles. The van der Waals surface area contributed by atoms with Gasteiger partial charge in [0.25, 0.3) is 0 Å². The van der Waals surface area contributed by atoms with E-state index in [1.165, 1.54) is 0 Å². The van der Waals surface area contributed by atoms with Crippen LogP contribution in [0.2, 0.25) is 5.02 Å². The Hall–Kier alpha value is -0.930. The predicted molar refractivity (Wildman–Crippen MR) is 65.4 cm³/mol. The Morgan fingerprint density at radius 1 is 1.47 bits per heavy atom. The lowest BCUT2D eigenvalue weighted by Crippen LogP contribution is -2.32. The molecule has 1 rings (SSSR count). The zero-order chi connectivity index (χ0) is 11.5. The van der Waals surface area contributed by atoms with Crippen LogP contribution in [0.3, 0.4) is 0 Å². The largest absolute Gasteiger partial charge is 0.396 e. The number of hydrogen-bond donors (Lipinski definition) is 2. The molecule has 0 spiro atoms. The summed E-state index contributed by atoms with van der Waals surface area (Å²) in [5.41, 5.74) is 7.01. The summed E-state index contributed by atoms with van der Waals surface area (Å²) in [6, 6.07) is 5.53. The van der Waals surface area contributed by atoms with E-state index in [0.717, 1.165) is 5.69 Å². The maximum absolute atomic E-state index is 5.90. The van der Waals surface area contributed by atoms with Crippen molar-refractivity contribution in [3.63, 3.8) is 0 Å². The number of nitrogen functional groups attached to an aromatic ring is 1. The Kier molecular flexibility index (Phi) is 3.83. The van der Waals surface area contributed by atoms with E-state index >= 15 is 0 Å². The van der Waals surface area contributed by atoms with Crippen molar-refractivity contribution < 1.29 is 4.74 Å². The molecule has 0 saturated heterocycles. The number of anilines is 2. The van der Waals surface area contributed by atoms with Crippen LogP contribution in [0, 0.1) is 0 Å². The molecule has 1 aromatic rings. The molecule has 0 aliphatic carbocycles. The first-order chi connectivity index (χ1) is 6.96. The molecular weight excluding hydrogens is 212 g/mol. The second-order valence-corrected chi connectivity index (χ2v) is 4.43. The molecule has 0 amide bonds. The maximum Gasteiger partial charge on any atom is 0.0794 e. The quantitative estimate of drug-likeness (QED) is 0.780. The number of hydrogen-bond acceptors (Lipinski definition) is 3. The summed E-state index contributed by atoms with van der Waals surface area (Å²) in [6.45, 7) is 4.68. The van der Waals surface area contributed by atoms with Gasteiger partial charge in [-0.05, 0) is 26.0 Å². The van der Waals surface area contributed by atoms with E-state index in [1.54, 1.807) is 13.2 Å². The number of nitrogens with one attached hydrogen (secondary N) is 1. The number of benzene rings is 1. The zero-order valence-electron chi connectivity index (χ0n) is 9.30. The highest BCUT2D eigenvalue weighted by molar-refractivity contribution is 6.33. The lowest BCUT2D eigenvalue weighted by atomic mass is 10.1. The van der Waals surface area contributed by atoms with Gasteiger partial charge >= 0.3 is 0 Å². The smallest absolute Gasteiger partial charge is 0.0794 e. The predicted octanol–water partition coefficient (Wildman–Crippen LogP) is 2.76. The maximum atomic E-state index is 5.90. The summed E-state index contributed by atoms with van der Waals surface area (Å²) in [4.78, 5) is 0. The Labute approximate surface area is 95.6 Å². The second-order valence-electron chi connectivity index (χ2n) is 4.02. The Morgan fingerprint density at radius 2 is 2.13 bits per heavy atom. The van der Waals surface area contributed by atoms with Crippen LogP contribution in [0.15, 0.2) is 18.2 Å². The minimum atomic E-state index is -0.227. The summed E-state index contributed by atoms with van der Waals surface area (Å²) in [6.07, 6.45) is 0. The van der Waals surface area contributed by atoms with Crippen molar-refractivity contribution in [3.05, 3.63) is 23.2 Å². The Morgan fingerprint density at radius 3 is 2.73 bits per heavy atom. The van der Waals surface area contributed by atoms with E-state index in [1.807, 2.05) is 26.0 Å². The number of ether oxygens (including phenoxy) is 1. The van der Waals surface area contributed by atoms with Gasteiger partial charge in [0, 0.05) is 13.7 Å². The summed E-state index contributed by atoms with van der Waals surface area (Å²) in [5.74, 6) is 0. The van der Waals surface area contributed by atoms with Gasteiger partial charge in [0.15, 0.2) is 0 Å². The van der Waals surface area contributed by atoms with E-state index in [9.17, 15) is 0 Å². The van der Waals surface area contributed by atoms with Gasteiger partial charge in [0.05, 0.1) is 22.0 Å². The number of rotatable bonds is 4. The van der Waals surface area contributed by atoms with Crippen LogP contribution in [-0.2, 0) is 4.74 Å². The van der Waals surface area contributed by atoms with Gasteiger partial charge in [-0.15, -0.1) is 0 Å². The molecular formula is C11H17ClN2O. The van der Waals surface area contributed by atoms with Gasteiger partial charge in [-0.2, -0.15) is 0 Å². The zero-order valence-corrected chi connectivity index (χ0v) is 10.1. The molecule has 0 atom stereocenters. The van der Waals surface area contributed by atoms with E-state index in [4.69, 9.17) is 22.1 Å². The van der Waals surface area contributed by atoms with Crippen molar-refractivity contribution in [3.8, 4) is 0 Å². The van der Waals surface area contributed by atoms with Crippen LogP contribution in [-0.4, -0.2) is 19.3 Å². The third-order valence-electron chi connectivity index (χ3n) is 2.31. The molecule has 0 aliphatic heterocycles. The minimum Gasteiger partial charge on any atom is -0.396 e. The van der Waals surface area contributed by atoms with Crippen LogP contribution >= 0.6 is 11.6 Å². The molecule has 0 unspecified atom stereocenters. The molecule has 0 saturated carbocycles. The highest BCUT2D eigenvalue weighted by Crippen LogP contribution is 2.27. The molecule has 1 aromatic carbocycles. The first-order valence-corrected chi connectivity index (χ1v) is 5.17. The number of halogens is 1. The highest BCUT2D eigenvalue weighted by Gasteiger charge is 2.16. The molecule has 0 fully saturated rings. The lowest BCUT2D eigenvalue weighted by molar-refractivity contribution is 0.0344. The topological polar surface area (TPSA) is 47.3 Å². The first-order valence-electron chi connectivity index (χ1n) is 4.79. The van der Waals surface area contributed by atoms with Gasteiger partial charge in [-0.25, -0.2) is 0 Å². The van der Waals surface area contributed by atoms with Crippen molar-refractivity contribution in [1.29, 1.82) is 0 Å². The second kappa shape index (κ2) is 4.73. The molecule has 0 bridgehead atoms. The van der Waals surface area contributed by atoms with Gasteiger partial charge in [-0.1, -0.05) is 17.7 Å². The lowest BCUT2D eigenvalue weighted by Gasteiger charge is -2.24. The van der Waals surface area contributed by atoms with Crippen LogP contribution in [0.5, 0.6) is 0 Å². The van der Waals surface area contributed by atoms with E-state index in [-0.39, 0.29) is 5.60 Å². The van der Waals surface area contributed by atoms with E-state index < -0.39 is 0 Å². The van der Waals surface area contributed by atoms with Crippen LogP contribution in [0.1, 0.15) is 13.8 Å². The van der Waals surface area contributed by atoms with Crippen LogP contribution in [0.4, 0.5) is 11.4 Å². The standard InChI is InChI=1S/C11H17ClN2O/c1-11(2,15-3)7-14-9-6-4-5-8(12)10(9)13/h4-6,14H,7,13H2,1-3H3. The van der Waals surface area contributed by atoms with Crippen molar-refractivity contribution in [2.75, 3.05) is 24.7 Å². The average molecular weight is 229 g/mol. The van der Waals surface area contributed by atoms with Crippen molar-refractivity contribution in [1.82, 2.24) is 0 Å². The third-order valence-corrected chi connectivity index (χ3v) is 2.64. The molecule has 4 heteroatoms. The van der Waals surface area contributed by atoms with Crippen molar-refractivity contribution in [2.45, 2.75) is 19.4 Å². The van der Waals surface area contributed by atoms with Gasteiger partial charge in [-0.3, -0.25) is 0 Å². The summed E-state index contributed by atoms with van der Waals surface area (Å²) in [5, 5.41) is 3.78. The van der Waals surface area contributed by atoms with Crippen molar-refractivity contribution >= 4 is 23.0 Å². The van der Waals surface area contributed by atoms with Crippen molar-refractivity contribution in [2.24, 2.45) is 0 Å². The first kappa shape index (κ1) is 12.1. The molecule has 0 aliphatic rings. The third kappa shape index (κ3) is 3.29. The van der Waals surface area contributed by atoms with Crippen LogP contribution < -0.4 is 11.1 Å². The number of para-hydroxylation sites is 1. The van der Waals surface area contributed by atoms with Gasteiger partial charge in [0.2, 0.25) is 0 Å². The van der Waals surface area contributed by atoms with Gasteiger partial charge in [0.1, 0.15) is 0 Å². The summed E-state index contributed by atoms with van der Waals surface area (Å²) < 4.78 is 5.29. The average Bonchev–Trinajstić information content (AvgIpc) is 2.20. The SMILES string of the molecule is COC(C)(C)CNc1cccc(Cl)c1N. The minimum absolute atomic E-state index is 0.227. The Bertz CT molecular complexity index is 339. The number of nitrogens with two attached hydrogens (primary N) is 1. The fourth-order valence-electron chi connectivity index (χ4n) is 1.07. The normalized spacial score (nSPS) is 11.5. The molecule has 84 valence electrons. The fourth-order valence-corrected chi connectivity index (χ4v) is 1.25.